The summed E-state index contributed by atoms with van der Waals surface area (Å²) in [6.07, 6.45) is 7.89. The molecule has 4 nitrogen and oxygen atoms in total. The second-order valence-electron chi connectivity index (χ2n) is 7.00. The van der Waals surface area contributed by atoms with Crippen molar-refractivity contribution >= 4 is 29.5 Å². The van der Waals surface area contributed by atoms with E-state index in [0.717, 1.165) is 47.8 Å². The zero-order chi connectivity index (χ0) is 20.3. The molecule has 2 aromatic rings. The molecule has 144 valence electrons. The molecule has 1 aromatic carbocycles. The second-order valence-corrected chi connectivity index (χ2v) is 7.00. The third-order valence-electron chi connectivity index (χ3n) is 5.15. The third-order valence-corrected chi connectivity index (χ3v) is 5.15. The van der Waals surface area contributed by atoms with Crippen molar-refractivity contribution < 1.29 is 4.58 Å². The monoisotopic (exact) mass is 373 g/mol. The van der Waals surface area contributed by atoms with Crippen LogP contribution in [-0.4, -0.2) is 41.8 Å². The lowest BCUT2D eigenvalue weighted by molar-refractivity contribution is -0.429. The molecule has 1 aliphatic heterocycles. The first kappa shape index (κ1) is 19.7. The highest BCUT2D eigenvalue weighted by Crippen LogP contribution is 2.30. The van der Waals surface area contributed by atoms with Crippen LogP contribution in [0.1, 0.15) is 37.6 Å². The van der Waals surface area contributed by atoms with E-state index in [2.05, 4.69) is 54.5 Å². The molecule has 0 fully saturated rings. The Balaban J connectivity index is 2.10. The Labute approximate surface area is 167 Å². The topological polar surface area (TPSA) is 43.5 Å². The van der Waals surface area contributed by atoms with Gasteiger partial charge in [-0.15, -0.1) is 0 Å². The van der Waals surface area contributed by atoms with Crippen molar-refractivity contribution in [3.05, 3.63) is 70.7 Å². The third kappa shape index (κ3) is 3.68. The summed E-state index contributed by atoms with van der Waals surface area (Å²) in [5.74, 6) is 0. The number of nitrogens with zero attached hydrogens (tertiary/aromatic N) is 3. The standard InChI is InChI=1S/C24H29N4/c1-7-17-10-11-19-20-12-13-26-23(24(20)27-22(19)14-17)18(8-2)15-21(25-9-3)16(4)28(5)6/h8-11,14-15,27H,4-5,7,12-13H2,1-3,6H3/q+1. The smallest absolute Gasteiger partial charge is 0.223 e. The van der Waals surface area contributed by atoms with E-state index < -0.39 is 0 Å². The molecule has 0 atom stereocenters. The quantitative estimate of drug-likeness (QED) is 0.427. The van der Waals surface area contributed by atoms with Crippen LogP contribution in [0.5, 0.6) is 0 Å². The molecule has 4 heteroatoms. The van der Waals surface area contributed by atoms with Crippen LogP contribution >= 0.6 is 0 Å². The Hall–Kier alpha value is -3.01. The first-order chi connectivity index (χ1) is 13.5. The van der Waals surface area contributed by atoms with E-state index in [1.807, 2.05) is 27.0 Å². The highest BCUT2D eigenvalue weighted by Gasteiger charge is 2.22. The Bertz CT molecular complexity index is 1060. The zero-order valence-corrected chi connectivity index (χ0v) is 17.3. The van der Waals surface area contributed by atoms with Gasteiger partial charge in [-0.05, 0) is 62.1 Å². The fourth-order valence-electron chi connectivity index (χ4n) is 3.54. The number of allylic oxidation sites excluding steroid dienone is 3. The van der Waals surface area contributed by atoms with E-state index in [4.69, 9.17) is 4.99 Å². The lowest BCUT2D eigenvalue weighted by Crippen LogP contribution is -2.14. The number of rotatable bonds is 6. The number of aryl methyl sites for hydroxylation is 1. The number of hydrogen-bond donors (Lipinski definition) is 1. The van der Waals surface area contributed by atoms with E-state index in [9.17, 15) is 0 Å². The Morgan fingerprint density at radius 2 is 2.14 bits per heavy atom. The maximum absolute atomic E-state index is 4.86. The normalized spacial score (nSPS) is 15.1. The van der Waals surface area contributed by atoms with Crippen LogP contribution in [0.3, 0.4) is 0 Å². The summed E-state index contributed by atoms with van der Waals surface area (Å²) >= 11 is 0. The molecule has 0 unspecified atom stereocenters. The molecular weight excluding hydrogens is 344 g/mol. The summed E-state index contributed by atoms with van der Waals surface area (Å²) < 4.78 is 1.73. The Kier molecular flexibility index (Phi) is 5.88. The Morgan fingerprint density at radius 1 is 1.36 bits per heavy atom. The molecule has 0 amide bonds. The predicted octanol–water partition coefficient (Wildman–Crippen LogP) is 4.85. The van der Waals surface area contributed by atoms with Crippen molar-refractivity contribution in [1.82, 2.24) is 4.98 Å². The summed E-state index contributed by atoms with van der Waals surface area (Å²) in [4.78, 5) is 13.0. The fourth-order valence-corrected chi connectivity index (χ4v) is 3.54. The van der Waals surface area contributed by atoms with Gasteiger partial charge in [0.05, 0.1) is 11.4 Å². The molecule has 0 saturated carbocycles. The van der Waals surface area contributed by atoms with Crippen LogP contribution < -0.4 is 0 Å². The molecule has 1 aliphatic rings. The molecule has 1 N–H and O–H groups in total. The number of nitrogens with one attached hydrogen (secondary N) is 1. The van der Waals surface area contributed by atoms with Gasteiger partial charge in [0.2, 0.25) is 5.70 Å². The zero-order valence-electron chi connectivity index (χ0n) is 17.3. The number of benzene rings is 1. The first-order valence-corrected chi connectivity index (χ1v) is 9.79. The van der Waals surface area contributed by atoms with Gasteiger partial charge >= 0.3 is 0 Å². The first-order valence-electron chi connectivity index (χ1n) is 9.79. The summed E-state index contributed by atoms with van der Waals surface area (Å²) in [6.45, 7) is 14.9. The van der Waals surface area contributed by atoms with Crippen LogP contribution in [0.25, 0.3) is 10.9 Å². The summed E-state index contributed by atoms with van der Waals surface area (Å²) in [6, 6.07) is 6.72. The number of aliphatic imine (C=N–C) groups is 2. The molecule has 1 aromatic heterocycles. The van der Waals surface area contributed by atoms with Gasteiger partial charge in [-0.1, -0.05) is 25.1 Å². The van der Waals surface area contributed by atoms with Crippen molar-refractivity contribution in [3.8, 4) is 0 Å². The number of hydrogen-bond acceptors (Lipinski definition) is 2. The van der Waals surface area contributed by atoms with Gasteiger partial charge in [-0.25, -0.2) is 4.58 Å². The van der Waals surface area contributed by atoms with E-state index in [1.165, 1.54) is 22.0 Å². The van der Waals surface area contributed by atoms with Gasteiger partial charge in [-0.2, -0.15) is 0 Å². The number of fused-ring (bicyclic) bond motifs is 3. The van der Waals surface area contributed by atoms with Crippen molar-refractivity contribution in [2.45, 2.75) is 33.6 Å². The van der Waals surface area contributed by atoms with Crippen LogP contribution in [0.4, 0.5) is 0 Å². The molecular formula is C24H29N4+. The largest absolute Gasteiger partial charge is 0.353 e. The minimum Gasteiger partial charge on any atom is -0.353 e. The molecule has 0 bridgehead atoms. The predicted molar refractivity (Wildman–Crippen MR) is 121 cm³/mol. The van der Waals surface area contributed by atoms with Crippen molar-refractivity contribution in [2.75, 3.05) is 13.6 Å². The summed E-state index contributed by atoms with van der Waals surface area (Å²) in [5, 5.41) is 1.30. The minimum atomic E-state index is 0.762. The molecule has 0 spiro atoms. The van der Waals surface area contributed by atoms with E-state index in [1.54, 1.807) is 10.8 Å². The van der Waals surface area contributed by atoms with E-state index in [0.29, 0.717) is 0 Å². The van der Waals surface area contributed by atoms with Gasteiger partial charge in [0.25, 0.3) is 0 Å². The molecule has 28 heavy (non-hydrogen) atoms. The maximum Gasteiger partial charge on any atom is 0.223 e. The van der Waals surface area contributed by atoms with Crippen LogP contribution in [0.2, 0.25) is 0 Å². The number of H-pyrrole nitrogens is 1. The minimum absolute atomic E-state index is 0.762. The number of likely N-dealkylation sites (N-methyl/N-ethyl adjacent to an activating group) is 1. The van der Waals surface area contributed by atoms with Crippen LogP contribution in [-0.2, 0) is 12.8 Å². The molecule has 0 aliphatic carbocycles. The number of aromatic nitrogens is 1. The molecule has 2 heterocycles. The van der Waals surface area contributed by atoms with Crippen LogP contribution in [0.15, 0.2) is 63.9 Å². The molecule has 0 saturated heterocycles. The molecule has 0 radical (unpaired) electrons. The van der Waals surface area contributed by atoms with Crippen molar-refractivity contribution in [3.63, 3.8) is 0 Å². The van der Waals surface area contributed by atoms with Crippen molar-refractivity contribution in [1.29, 1.82) is 0 Å². The van der Waals surface area contributed by atoms with Gasteiger partial charge in [0, 0.05) is 23.7 Å². The van der Waals surface area contributed by atoms with Gasteiger partial charge in [0.15, 0.2) is 0 Å². The average Bonchev–Trinajstić information content (AvgIpc) is 3.08. The highest BCUT2D eigenvalue weighted by atomic mass is 15.0. The maximum atomic E-state index is 4.86. The van der Waals surface area contributed by atoms with E-state index >= 15 is 0 Å². The van der Waals surface area contributed by atoms with Gasteiger partial charge in [-0.3, -0.25) is 9.98 Å². The highest BCUT2D eigenvalue weighted by molar-refractivity contribution is 6.17. The van der Waals surface area contributed by atoms with Crippen LogP contribution in [0, 0.1) is 0 Å². The summed E-state index contributed by atoms with van der Waals surface area (Å²) in [5.41, 5.74) is 8.56. The Morgan fingerprint density at radius 3 is 2.79 bits per heavy atom. The summed E-state index contributed by atoms with van der Waals surface area (Å²) in [7, 11) is 1.87. The van der Waals surface area contributed by atoms with Crippen molar-refractivity contribution in [2.24, 2.45) is 9.98 Å². The fraction of sp³-hybridized carbons (Fsp3) is 0.292. The average molecular weight is 374 g/mol. The van der Waals surface area contributed by atoms with Gasteiger partial charge in [0.1, 0.15) is 19.5 Å². The van der Waals surface area contributed by atoms with E-state index in [-0.39, 0.29) is 0 Å². The SMILES string of the molecule is C=C(C(=CC(=CC)C1=NCCc2c1[nH]c1cc(CC)ccc21)N=CC)[N+](=C)C. The van der Waals surface area contributed by atoms with Gasteiger partial charge < -0.3 is 4.98 Å². The molecule has 3 rings (SSSR count). The lowest BCUT2D eigenvalue weighted by Gasteiger charge is -2.15. The lowest BCUT2D eigenvalue weighted by atomic mass is 9.96. The number of aromatic amines is 1. The second kappa shape index (κ2) is 8.34.